The largest absolute Gasteiger partial charge is 0.497 e. The predicted molar refractivity (Wildman–Crippen MR) is 122 cm³/mol. The lowest BCUT2D eigenvalue weighted by Gasteiger charge is -2.09. The summed E-state index contributed by atoms with van der Waals surface area (Å²) in [6.07, 6.45) is 1.41. The van der Waals surface area contributed by atoms with Gasteiger partial charge in [-0.25, -0.2) is 10.2 Å². The van der Waals surface area contributed by atoms with Crippen LogP contribution >= 0.6 is 0 Å². The van der Waals surface area contributed by atoms with Crippen LogP contribution in [0.4, 0.5) is 0 Å². The van der Waals surface area contributed by atoms with Crippen LogP contribution in [0.2, 0.25) is 0 Å². The summed E-state index contributed by atoms with van der Waals surface area (Å²) in [5.74, 6) is 0.693. The molecule has 0 heterocycles. The number of hydrogen-bond donors (Lipinski definition) is 1. The number of methoxy groups -OCH3 is 1. The van der Waals surface area contributed by atoms with Crippen LogP contribution in [-0.2, 0) is 4.79 Å². The van der Waals surface area contributed by atoms with Crippen LogP contribution in [0, 0.1) is 13.8 Å². The molecule has 0 aliphatic rings. The molecule has 0 atom stereocenters. The molecular formula is C25H24N2O5. The van der Waals surface area contributed by atoms with Crippen molar-refractivity contribution in [1.82, 2.24) is 5.43 Å². The van der Waals surface area contributed by atoms with E-state index in [1.54, 1.807) is 55.6 Å². The van der Waals surface area contributed by atoms with Crippen molar-refractivity contribution < 1.29 is 23.8 Å². The fourth-order valence-electron chi connectivity index (χ4n) is 2.78. The molecule has 32 heavy (non-hydrogen) atoms. The number of hydrazone groups is 1. The number of carbonyl (C=O) groups is 2. The highest BCUT2D eigenvalue weighted by molar-refractivity contribution is 5.93. The molecule has 0 aromatic heterocycles. The van der Waals surface area contributed by atoms with E-state index in [9.17, 15) is 9.59 Å². The maximum Gasteiger partial charge on any atom is 0.343 e. The van der Waals surface area contributed by atoms with Gasteiger partial charge in [0.25, 0.3) is 5.91 Å². The molecule has 1 N–H and O–H groups in total. The maximum atomic E-state index is 12.4. The van der Waals surface area contributed by atoms with Gasteiger partial charge in [-0.05, 0) is 67.4 Å². The summed E-state index contributed by atoms with van der Waals surface area (Å²) >= 11 is 0. The van der Waals surface area contributed by atoms with Crippen LogP contribution in [0.15, 0.2) is 71.8 Å². The monoisotopic (exact) mass is 432 g/mol. The lowest BCUT2D eigenvalue weighted by molar-refractivity contribution is -0.123. The third-order valence-corrected chi connectivity index (χ3v) is 4.54. The Bertz CT molecular complexity index is 1120. The van der Waals surface area contributed by atoms with Gasteiger partial charge < -0.3 is 14.2 Å². The van der Waals surface area contributed by atoms with Gasteiger partial charge in [-0.1, -0.05) is 24.3 Å². The molecule has 3 aromatic carbocycles. The molecule has 0 fully saturated rings. The average molecular weight is 432 g/mol. The number of nitrogens with zero attached hydrogens (tertiary/aromatic N) is 1. The van der Waals surface area contributed by atoms with Crippen LogP contribution in [0.25, 0.3) is 0 Å². The van der Waals surface area contributed by atoms with Crippen molar-refractivity contribution in [2.75, 3.05) is 13.7 Å². The van der Waals surface area contributed by atoms with E-state index in [0.717, 1.165) is 11.1 Å². The van der Waals surface area contributed by atoms with E-state index in [1.165, 1.54) is 6.21 Å². The van der Waals surface area contributed by atoms with Crippen molar-refractivity contribution in [2.45, 2.75) is 13.8 Å². The topological polar surface area (TPSA) is 86.2 Å². The van der Waals surface area contributed by atoms with Gasteiger partial charge >= 0.3 is 5.97 Å². The molecule has 0 saturated heterocycles. The van der Waals surface area contributed by atoms with Crippen molar-refractivity contribution in [3.63, 3.8) is 0 Å². The summed E-state index contributed by atoms with van der Waals surface area (Å²) in [7, 11) is 1.55. The van der Waals surface area contributed by atoms with Crippen molar-refractivity contribution in [2.24, 2.45) is 5.10 Å². The Labute approximate surface area is 186 Å². The first-order chi connectivity index (χ1) is 15.5. The summed E-state index contributed by atoms with van der Waals surface area (Å²) in [4.78, 5) is 24.5. The van der Waals surface area contributed by atoms with Crippen LogP contribution < -0.4 is 19.6 Å². The van der Waals surface area contributed by atoms with Gasteiger partial charge in [-0.2, -0.15) is 5.10 Å². The lowest BCUT2D eigenvalue weighted by Crippen LogP contribution is -2.24. The third-order valence-electron chi connectivity index (χ3n) is 4.54. The molecule has 0 saturated carbocycles. The van der Waals surface area contributed by atoms with Crippen molar-refractivity contribution >= 4 is 18.1 Å². The second kappa shape index (κ2) is 10.8. The molecule has 0 unspecified atom stereocenters. The SMILES string of the molecule is COc1ccc(C(=O)Oc2ccccc2/C=N\NC(=O)COc2cc(C)ccc2C)cc1. The van der Waals surface area contributed by atoms with Gasteiger partial charge in [0.1, 0.15) is 17.2 Å². The molecule has 0 aliphatic carbocycles. The normalized spacial score (nSPS) is 10.6. The Morgan fingerprint density at radius 3 is 2.47 bits per heavy atom. The Morgan fingerprint density at radius 2 is 1.72 bits per heavy atom. The predicted octanol–water partition coefficient (Wildman–Crippen LogP) is 4.06. The number of ether oxygens (including phenoxy) is 3. The Morgan fingerprint density at radius 1 is 0.969 bits per heavy atom. The fraction of sp³-hybridized carbons (Fsp3) is 0.160. The summed E-state index contributed by atoms with van der Waals surface area (Å²) < 4.78 is 16.1. The molecular weight excluding hydrogens is 408 g/mol. The quantitative estimate of drug-likeness (QED) is 0.251. The second-order valence-electron chi connectivity index (χ2n) is 7.01. The van der Waals surface area contributed by atoms with Crippen LogP contribution in [-0.4, -0.2) is 31.8 Å². The number of para-hydroxylation sites is 1. The van der Waals surface area contributed by atoms with Gasteiger partial charge in [0.15, 0.2) is 6.61 Å². The third kappa shape index (κ3) is 6.18. The molecule has 7 heteroatoms. The zero-order valence-corrected chi connectivity index (χ0v) is 18.1. The second-order valence-corrected chi connectivity index (χ2v) is 7.01. The van der Waals surface area contributed by atoms with E-state index >= 15 is 0 Å². The number of hydrogen-bond acceptors (Lipinski definition) is 6. The zero-order valence-electron chi connectivity index (χ0n) is 18.1. The van der Waals surface area contributed by atoms with Gasteiger partial charge in [0, 0.05) is 5.56 Å². The standard InChI is InChI=1S/C25H24N2O5/c1-17-8-9-18(2)23(14-17)31-16-24(28)27-26-15-20-6-4-5-7-22(20)32-25(29)19-10-12-21(30-3)13-11-19/h4-15H,16H2,1-3H3,(H,27,28)/b26-15-. The number of nitrogens with one attached hydrogen (secondary N) is 1. The van der Waals surface area contributed by atoms with Crippen molar-refractivity contribution in [3.05, 3.63) is 89.0 Å². The highest BCUT2D eigenvalue weighted by atomic mass is 16.5. The first kappa shape index (κ1) is 22.6. The fourth-order valence-corrected chi connectivity index (χ4v) is 2.78. The first-order valence-corrected chi connectivity index (χ1v) is 9.93. The van der Waals surface area contributed by atoms with Gasteiger partial charge in [-0.3, -0.25) is 4.79 Å². The minimum atomic E-state index is -0.514. The maximum absolute atomic E-state index is 12.4. The van der Waals surface area contributed by atoms with Gasteiger partial charge in [0.2, 0.25) is 0 Å². The molecule has 3 aromatic rings. The Kier molecular flexibility index (Phi) is 7.59. The zero-order chi connectivity index (χ0) is 22.9. The molecule has 0 spiro atoms. The summed E-state index contributed by atoms with van der Waals surface area (Å²) in [6.45, 7) is 3.69. The number of benzene rings is 3. The lowest BCUT2D eigenvalue weighted by atomic mass is 10.1. The van der Waals surface area contributed by atoms with Gasteiger partial charge in [-0.15, -0.1) is 0 Å². The van der Waals surface area contributed by atoms with E-state index in [-0.39, 0.29) is 6.61 Å². The van der Waals surface area contributed by atoms with Crippen LogP contribution in [0.1, 0.15) is 27.0 Å². The highest BCUT2D eigenvalue weighted by Gasteiger charge is 2.11. The molecule has 0 radical (unpaired) electrons. The summed E-state index contributed by atoms with van der Waals surface area (Å²) in [6, 6.07) is 19.3. The smallest absolute Gasteiger partial charge is 0.343 e. The van der Waals surface area contributed by atoms with Crippen LogP contribution in [0.3, 0.4) is 0 Å². The van der Waals surface area contributed by atoms with E-state index in [2.05, 4.69) is 10.5 Å². The molecule has 1 amide bonds. The molecule has 3 rings (SSSR count). The average Bonchev–Trinajstić information content (AvgIpc) is 2.80. The number of esters is 1. The van der Waals surface area contributed by atoms with Crippen LogP contribution in [0.5, 0.6) is 17.2 Å². The van der Waals surface area contributed by atoms with Gasteiger partial charge in [0.05, 0.1) is 18.9 Å². The highest BCUT2D eigenvalue weighted by Crippen LogP contribution is 2.20. The molecule has 0 bridgehead atoms. The summed E-state index contributed by atoms with van der Waals surface area (Å²) in [5, 5.41) is 3.94. The van der Waals surface area contributed by atoms with E-state index < -0.39 is 11.9 Å². The minimum Gasteiger partial charge on any atom is -0.497 e. The number of aryl methyl sites for hydroxylation is 2. The first-order valence-electron chi connectivity index (χ1n) is 9.93. The molecule has 7 nitrogen and oxygen atoms in total. The molecule has 164 valence electrons. The van der Waals surface area contributed by atoms with E-state index in [4.69, 9.17) is 14.2 Å². The summed E-state index contributed by atoms with van der Waals surface area (Å²) in [5.41, 5.74) is 5.32. The Hall–Kier alpha value is -4.13. The number of carbonyl (C=O) groups excluding carboxylic acids is 2. The van der Waals surface area contributed by atoms with Crippen molar-refractivity contribution in [1.29, 1.82) is 0 Å². The number of amides is 1. The molecule has 0 aliphatic heterocycles. The minimum absolute atomic E-state index is 0.171. The Balaban J connectivity index is 1.58. The number of rotatable bonds is 8. The van der Waals surface area contributed by atoms with E-state index in [0.29, 0.717) is 28.4 Å². The van der Waals surface area contributed by atoms with E-state index in [1.807, 2.05) is 32.0 Å². The van der Waals surface area contributed by atoms with Crippen molar-refractivity contribution in [3.8, 4) is 17.2 Å².